The molecule has 2 N–H and O–H groups in total. The summed E-state index contributed by atoms with van der Waals surface area (Å²) in [7, 11) is 0. The van der Waals surface area contributed by atoms with Gasteiger partial charge in [-0.2, -0.15) is 0 Å². The van der Waals surface area contributed by atoms with Crippen LogP contribution < -0.4 is 0 Å². The minimum atomic E-state index is -1.34. The molecular weight excluding hydrogens is 248 g/mol. The standard InChI is InChI=1S/C14H22O5/c1-8-10-5-3-4-9-6-7-13(2,16)19-12(14(9,10)17)18-11(8)15/h8-10,12,16-17H,3-7H2,1-2H3/t8-,9?,10?,12-,13?,14-/m1/s1. The average Bonchev–Trinajstić information content (AvgIpc) is 2.42. The van der Waals surface area contributed by atoms with Gasteiger partial charge in [-0.1, -0.05) is 13.3 Å². The maximum Gasteiger partial charge on any atom is 0.311 e. The molecule has 0 aromatic carbocycles. The molecule has 0 amide bonds. The summed E-state index contributed by atoms with van der Waals surface area (Å²) in [5, 5.41) is 21.3. The number of ether oxygens (including phenoxy) is 2. The first-order valence-corrected chi connectivity index (χ1v) is 7.17. The molecule has 5 nitrogen and oxygen atoms in total. The lowest BCUT2D eigenvalue weighted by Gasteiger charge is -2.52. The second kappa shape index (κ2) is 4.17. The molecule has 0 radical (unpaired) electrons. The molecule has 0 aromatic heterocycles. The van der Waals surface area contributed by atoms with E-state index in [1.54, 1.807) is 6.92 Å². The summed E-state index contributed by atoms with van der Waals surface area (Å²) >= 11 is 0. The van der Waals surface area contributed by atoms with Gasteiger partial charge < -0.3 is 19.7 Å². The number of hydrogen-bond acceptors (Lipinski definition) is 5. The van der Waals surface area contributed by atoms with Crippen molar-refractivity contribution in [1.29, 1.82) is 0 Å². The fourth-order valence-corrected chi connectivity index (χ4v) is 4.06. The van der Waals surface area contributed by atoms with Crippen LogP contribution in [0.2, 0.25) is 0 Å². The van der Waals surface area contributed by atoms with Crippen LogP contribution in [0.5, 0.6) is 0 Å². The van der Waals surface area contributed by atoms with Crippen molar-refractivity contribution in [1.82, 2.24) is 0 Å². The Labute approximate surface area is 112 Å². The van der Waals surface area contributed by atoms with Crippen molar-refractivity contribution in [2.75, 3.05) is 0 Å². The van der Waals surface area contributed by atoms with Crippen molar-refractivity contribution < 1.29 is 24.5 Å². The van der Waals surface area contributed by atoms with Gasteiger partial charge in [0.25, 0.3) is 0 Å². The summed E-state index contributed by atoms with van der Waals surface area (Å²) in [4.78, 5) is 11.9. The molecule has 6 atom stereocenters. The van der Waals surface area contributed by atoms with Gasteiger partial charge in [-0.3, -0.25) is 4.79 Å². The van der Waals surface area contributed by atoms with Crippen LogP contribution in [0.4, 0.5) is 0 Å². The highest BCUT2D eigenvalue weighted by atomic mass is 16.8. The van der Waals surface area contributed by atoms with Crippen molar-refractivity contribution in [3.8, 4) is 0 Å². The fraction of sp³-hybridized carbons (Fsp3) is 0.929. The predicted octanol–water partition coefficient (Wildman–Crippen LogP) is 1.17. The van der Waals surface area contributed by atoms with E-state index < -0.39 is 17.7 Å². The Morgan fingerprint density at radius 3 is 2.74 bits per heavy atom. The summed E-state index contributed by atoms with van der Waals surface area (Å²) in [5.74, 6) is -2.09. The minimum absolute atomic E-state index is 0.0285. The lowest BCUT2D eigenvalue weighted by Crippen LogP contribution is -2.64. The molecule has 19 heavy (non-hydrogen) atoms. The largest absolute Gasteiger partial charge is 0.432 e. The first-order chi connectivity index (χ1) is 8.84. The molecule has 1 saturated carbocycles. The Bertz CT molecular complexity index is 393. The van der Waals surface area contributed by atoms with Crippen molar-refractivity contribution in [2.45, 2.75) is 63.6 Å². The van der Waals surface area contributed by atoms with E-state index in [-0.39, 0.29) is 23.7 Å². The van der Waals surface area contributed by atoms with Crippen molar-refractivity contribution in [3.05, 3.63) is 0 Å². The van der Waals surface area contributed by atoms with E-state index >= 15 is 0 Å². The van der Waals surface area contributed by atoms with Crippen LogP contribution in [0.3, 0.4) is 0 Å². The molecule has 2 heterocycles. The van der Waals surface area contributed by atoms with Crippen molar-refractivity contribution >= 4 is 5.97 Å². The van der Waals surface area contributed by atoms with Gasteiger partial charge in [-0.05, 0) is 32.1 Å². The molecule has 3 aliphatic rings. The summed E-state index contributed by atoms with van der Waals surface area (Å²) in [6, 6.07) is 0. The number of carbonyl (C=O) groups excluding carboxylic acids is 1. The minimum Gasteiger partial charge on any atom is -0.432 e. The summed E-state index contributed by atoms with van der Waals surface area (Å²) < 4.78 is 10.8. The van der Waals surface area contributed by atoms with E-state index in [1.165, 1.54) is 0 Å². The highest BCUT2D eigenvalue weighted by molar-refractivity contribution is 5.74. The summed E-state index contributed by atoms with van der Waals surface area (Å²) in [6.45, 7) is 3.38. The molecule has 0 bridgehead atoms. The average molecular weight is 270 g/mol. The predicted molar refractivity (Wildman–Crippen MR) is 65.8 cm³/mol. The fourth-order valence-electron chi connectivity index (χ4n) is 4.06. The van der Waals surface area contributed by atoms with Gasteiger partial charge in [0.2, 0.25) is 6.29 Å². The quantitative estimate of drug-likeness (QED) is 0.646. The van der Waals surface area contributed by atoms with Gasteiger partial charge in [0.05, 0.1) is 5.92 Å². The van der Waals surface area contributed by atoms with E-state index in [1.807, 2.05) is 6.92 Å². The number of hydrogen-bond donors (Lipinski definition) is 2. The third-order valence-electron chi connectivity index (χ3n) is 5.21. The molecule has 3 fully saturated rings. The van der Waals surface area contributed by atoms with Gasteiger partial charge >= 0.3 is 5.97 Å². The topological polar surface area (TPSA) is 76.0 Å². The van der Waals surface area contributed by atoms with E-state index in [4.69, 9.17) is 9.47 Å². The van der Waals surface area contributed by atoms with Crippen molar-refractivity contribution in [3.63, 3.8) is 0 Å². The first kappa shape index (κ1) is 13.3. The lowest BCUT2D eigenvalue weighted by molar-refractivity contribution is -0.343. The number of aliphatic hydroxyl groups is 2. The van der Waals surface area contributed by atoms with E-state index in [0.717, 1.165) is 19.3 Å². The third kappa shape index (κ3) is 1.90. The zero-order valence-electron chi connectivity index (χ0n) is 11.5. The normalized spacial score (nSPS) is 54.0. The lowest BCUT2D eigenvalue weighted by atomic mass is 9.62. The molecule has 3 rings (SSSR count). The monoisotopic (exact) mass is 270 g/mol. The van der Waals surface area contributed by atoms with Gasteiger partial charge in [0, 0.05) is 12.3 Å². The Balaban J connectivity index is 2.01. The Morgan fingerprint density at radius 1 is 1.26 bits per heavy atom. The molecule has 0 spiro atoms. The van der Waals surface area contributed by atoms with Crippen LogP contribution >= 0.6 is 0 Å². The molecule has 2 saturated heterocycles. The zero-order valence-corrected chi connectivity index (χ0v) is 11.5. The molecule has 0 aromatic rings. The maximum absolute atomic E-state index is 11.9. The van der Waals surface area contributed by atoms with Gasteiger partial charge in [0.1, 0.15) is 5.60 Å². The summed E-state index contributed by atoms with van der Waals surface area (Å²) in [5.41, 5.74) is -1.15. The third-order valence-corrected chi connectivity index (χ3v) is 5.21. The van der Waals surface area contributed by atoms with Gasteiger partial charge in [-0.25, -0.2) is 0 Å². The molecule has 2 aliphatic heterocycles. The molecule has 1 aliphatic carbocycles. The zero-order chi connectivity index (χ0) is 13.8. The first-order valence-electron chi connectivity index (χ1n) is 7.17. The molecule has 108 valence electrons. The molecule has 3 unspecified atom stereocenters. The van der Waals surface area contributed by atoms with Gasteiger partial charge in [0.15, 0.2) is 5.79 Å². The Kier molecular flexibility index (Phi) is 2.93. The second-order valence-electron chi connectivity index (χ2n) is 6.51. The maximum atomic E-state index is 11.9. The van der Waals surface area contributed by atoms with Crippen LogP contribution in [-0.2, 0) is 14.3 Å². The SMILES string of the molecule is C[C@H]1C(=O)O[C@@H]2OC(C)(O)CCC3CCCC1[C@]32O. The second-order valence-corrected chi connectivity index (χ2v) is 6.51. The van der Waals surface area contributed by atoms with Crippen LogP contribution in [0.15, 0.2) is 0 Å². The number of esters is 1. The Hall–Kier alpha value is -0.650. The van der Waals surface area contributed by atoms with E-state index in [0.29, 0.717) is 12.8 Å². The number of carbonyl (C=O) groups is 1. The smallest absolute Gasteiger partial charge is 0.311 e. The highest BCUT2D eigenvalue weighted by Crippen LogP contribution is 2.52. The Morgan fingerprint density at radius 2 is 2.00 bits per heavy atom. The van der Waals surface area contributed by atoms with Crippen LogP contribution in [-0.4, -0.2) is 33.9 Å². The van der Waals surface area contributed by atoms with E-state index in [9.17, 15) is 15.0 Å². The van der Waals surface area contributed by atoms with Crippen LogP contribution in [0, 0.1) is 17.8 Å². The highest BCUT2D eigenvalue weighted by Gasteiger charge is 2.62. The summed E-state index contributed by atoms with van der Waals surface area (Å²) in [6.07, 6.45) is 2.82. The molecular formula is C14H22O5. The van der Waals surface area contributed by atoms with Crippen LogP contribution in [0.25, 0.3) is 0 Å². The van der Waals surface area contributed by atoms with Crippen LogP contribution in [0.1, 0.15) is 46.0 Å². The van der Waals surface area contributed by atoms with E-state index in [2.05, 4.69) is 0 Å². The number of rotatable bonds is 0. The molecule has 5 heteroatoms. The van der Waals surface area contributed by atoms with Gasteiger partial charge in [-0.15, -0.1) is 0 Å². The van der Waals surface area contributed by atoms with Crippen molar-refractivity contribution in [2.24, 2.45) is 17.8 Å².